The number of amidine groups is 1. The maximum atomic E-state index is 7.33. The Balaban J connectivity index is 2.87. The minimum atomic E-state index is -0.399. The third-order valence-electron chi connectivity index (χ3n) is 2.07. The lowest BCUT2D eigenvalue weighted by Gasteiger charge is -2.17. The molecule has 0 aromatic heterocycles. The Hall–Kier alpha value is -1.22. The highest BCUT2D eigenvalue weighted by atomic mass is 35.5. The SMILES string of the molecule is CCC(Oc1cc(C)ccc1Cl)C(=N)N. The van der Waals surface area contributed by atoms with E-state index >= 15 is 0 Å². The van der Waals surface area contributed by atoms with Crippen LogP contribution in [-0.2, 0) is 0 Å². The molecule has 1 aromatic rings. The molecule has 15 heavy (non-hydrogen) atoms. The van der Waals surface area contributed by atoms with Crippen LogP contribution in [-0.4, -0.2) is 11.9 Å². The molecule has 0 spiro atoms. The summed E-state index contributed by atoms with van der Waals surface area (Å²) in [6, 6.07) is 5.52. The number of aryl methyl sites for hydroxylation is 1. The molecule has 0 saturated heterocycles. The van der Waals surface area contributed by atoms with Gasteiger partial charge in [-0.15, -0.1) is 0 Å². The van der Waals surface area contributed by atoms with Crippen molar-refractivity contribution in [3.8, 4) is 5.75 Å². The normalized spacial score (nSPS) is 12.2. The van der Waals surface area contributed by atoms with Gasteiger partial charge in [-0.2, -0.15) is 0 Å². The fourth-order valence-corrected chi connectivity index (χ4v) is 1.38. The van der Waals surface area contributed by atoms with Crippen LogP contribution in [0.2, 0.25) is 5.02 Å². The van der Waals surface area contributed by atoms with E-state index in [9.17, 15) is 0 Å². The van der Waals surface area contributed by atoms with Gasteiger partial charge in [0, 0.05) is 0 Å². The van der Waals surface area contributed by atoms with Crippen LogP contribution < -0.4 is 10.5 Å². The van der Waals surface area contributed by atoms with Crippen molar-refractivity contribution < 1.29 is 4.74 Å². The van der Waals surface area contributed by atoms with Gasteiger partial charge in [-0.25, -0.2) is 0 Å². The molecule has 0 aliphatic heterocycles. The van der Waals surface area contributed by atoms with Gasteiger partial charge in [0.05, 0.1) is 5.02 Å². The highest BCUT2D eigenvalue weighted by Crippen LogP contribution is 2.26. The van der Waals surface area contributed by atoms with Crippen molar-refractivity contribution in [2.24, 2.45) is 5.73 Å². The molecule has 3 N–H and O–H groups in total. The first-order chi connectivity index (χ1) is 7.04. The maximum Gasteiger partial charge on any atom is 0.155 e. The number of ether oxygens (including phenoxy) is 1. The average Bonchev–Trinajstić information content (AvgIpc) is 2.18. The van der Waals surface area contributed by atoms with Gasteiger partial charge in [0.15, 0.2) is 6.10 Å². The summed E-state index contributed by atoms with van der Waals surface area (Å²) >= 11 is 5.97. The highest BCUT2D eigenvalue weighted by molar-refractivity contribution is 6.32. The number of nitrogens with one attached hydrogen (secondary N) is 1. The Labute approximate surface area is 94.7 Å². The molecule has 1 aromatic carbocycles. The highest BCUT2D eigenvalue weighted by Gasteiger charge is 2.13. The summed E-state index contributed by atoms with van der Waals surface area (Å²) in [7, 11) is 0. The average molecular weight is 227 g/mol. The number of rotatable bonds is 4. The van der Waals surface area contributed by atoms with E-state index in [0.29, 0.717) is 17.2 Å². The molecule has 1 rings (SSSR count). The molecule has 4 heteroatoms. The summed E-state index contributed by atoms with van der Waals surface area (Å²) in [6.45, 7) is 3.87. The van der Waals surface area contributed by atoms with E-state index in [1.165, 1.54) is 0 Å². The molecule has 0 amide bonds. The van der Waals surface area contributed by atoms with E-state index in [0.717, 1.165) is 5.56 Å². The predicted molar refractivity (Wildman–Crippen MR) is 62.8 cm³/mol. The Morgan fingerprint density at radius 3 is 2.80 bits per heavy atom. The molecule has 1 atom stereocenters. The zero-order chi connectivity index (χ0) is 11.4. The zero-order valence-electron chi connectivity index (χ0n) is 8.88. The molecule has 3 nitrogen and oxygen atoms in total. The van der Waals surface area contributed by atoms with Gasteiger partial charge in [0.25, 0.3) is 0 Å². The molecular formula is C11H15ClN2O. The first kappa shape index (κ1) is 11.9. The van der Waals surface area contributed by atoms with Crippen LogP contribution in [0.3, 0.4) is 0 Å². The Morgan fingerprint density at radius 2 is 2.27 bits per heavy atom. The lowest BCUT2D eigenvalue weighted by molar-refractivity contribution is 0.260. The first-order valence-electron chi connectivity index (χ1n) is 4.81. The molecule has 0 aliphatic carbocycles. The van der Waals surface area contributed by atoms with E-state index in [4.69, 9.17) is 27.5 Å². The lowest BCUT2D eigenvalue weighted by Crippen LogP contribution is -2.32. The monoisotopic (exact) mass is 226 g/mol. The topological polar surface area (TPSA) is 59.1 Å². The van der Waals surface area contributed by atoms with E-state index in [1.807, 2.05) is 26.0 Å². The predicted octanol–water partition coefficient (Wildman–Crippen LogP) is 2.74. The smallest absolute Gasteiger partial charge is 0.155 e. The van der Waals surface area contributed by atoms with E-state index < -0.39 is 6.10 Å². The van der Waals surface area contributed by atoms with E-state index in [1.54, 1.807) is 6.07 Å². The van der Waals surface area contributed by atoms with Crippen LogP contribution in [0.1, 0.15) is 18.9 Å². The standard InChI is InChI=1S/C11H15ClN2O/c1-3-9(11(13)14)15-10-6-7(2)4-5-8(10)12/h4-6,9H,3H2,1-2H3,(H3,13,14). The second-order valence-electron chi connectivity index (χ2n) is 3.40. The summed E-state index contributed by atoms with van der Waals surface area (Å²) in [6.07, 6.45) is 0.254. The quantitative estimate of drug-likeness (QED) is 0.613. The van der Waals surface area contributed by atoms with Crippen LogP contribution in [0, 0.1) is 12.3 Å². The van der Waals surface area contributed by atoms with Gasteiger partial charge in [-0.05, 0) is 31.0 Å². The van der Waals surface area contributed by atoms with Crippen molar-refractivity contribution in [3.05, 3.63) is 28.8 Å². The molecule has 82 valence electrons. The van der Waals surface area contributed by atoms with E-state index in [2.05, 4.69) is 0 Å². The molecule has 0 bridgehead atoms. The van der Waals surface area contributed by atoms with Crippen LogP contribution in [0.5, 0.6) is 5.75 Å². The zero-order valence-corrected chi connectivity index (χ0v) is 9.64. The van der Waals surface area contributed by atoms with Crippen LogP contribution in [0.15, 0.2) is 18.2 Å². The number of benzene rings is 1. The van der Waals surface area contributed by atoms with Gasteiger partial charge in [0.1, 0.15) is 11.6 Å². The third-order valence-corrected chi connectivity index (χ3v) is 2.39. The van der Waals surface area contributed by atoms with Gasteiger partial charge in [0.2, 0.25) is 0 Å². The molecule has 0 saturated carbocycles. The second-order valence-corrected chi connectivity index (χ2v) is 3.81. The fraction of sp³-hybridized carbons (Fsp3) is 0.364. The molecular weight excluding hydrogens is 212 g/mol. The maximum absolute atomic E-state index is 7.33. The third kappa shape index (κ3) is 3.13. The summed E-state index contributed by atoms with van der Waals surface area (Å²) in [5, 5.41) is 7.88. The molecule has 0 radical (unpaired) electrons. The lowest BCUT2D eigenvalue weighted by atomic mass is 10.2. The minimum absolute atomic E-state index is 0.0232. The molecule has 0 fully saturated rings. The summed E-state index contributed by atoms with van der Waals surface area (Å²) < 4.78 is 5.56. The van der Waals surface area contributed by atoms with Gasteiger partial charge in [-0.3, -0.25) is 5.41 Å². The van der Waals surface area contributed by atoms with Crippen LogP contribution >= 0.6 is 11.6 Å². The summed E-state index contributed by atoms with van der Waals surface area (Å²) in [5.41, 5.74) is 6.46. The van der Waals surface area contributed by atoms with E-state index in [-0.39, 0.29) is 5.84 Å². The Kier molecular flexibility index (Phi) is 3.97. The van der Waals surface area contributed by atoms with Crippen molar-refractivity contribution in [1.29, 1.82) is 5.41 Å². The summed E-state index contributed by atoms with van der Waals surface area (Å²) in [4.78, 5) is 0. The van der Waals surface area contributed by atoms with Gasteiger partial charge >= 0.3 is 0 Å². The van der Waals surface area contributed by atoms with Crippen molar-refractivity contribution in [1.82, 2.24) is 0 Å². The second kappa shape index (κ2) is 5.03. The van der Waals surface area contributed by atoms with Crippen LogP contribution in [0.4, 0.5) is 0 Å². The van der Waals surface area contributed by atoms with Crippen molar-refractivity contribution in [2.75, 3.05) is 0 Å². The first-order valence-corrected chi connectivity index (χ1v) is 5.19. The number of hydrogen-bond acceptors (Lipinski definition) is 2. The largest absolute Gasteiger partial charge is 0.481 e. The van der Waals surface area contributed by atoms with Crippen molar-refractivity contribution in [2.45, 2.75) is 26.4 Å². The molecule has 0 aliphatic rings. The van der Waals surface area contributed by atoms with Crippen molar-refractivity contribution >= 4 is 17.4 Å². The number of hydrogen-bond donors (Lipinski definition) is 2. The molecule has 0 heterocycles. The van der Waals surface area contributed by atoms with Crippen molar-refractivity contribution in [3.63, 3.8) is 0 Å². The van der Waals surface area contributed by atoms with Gasteiger partial charge in [-0.1, -0.05) is 24.6 Å². The van der Waals surface area contributed by atoms with Crippen LogP contribution in [0.25, 0.3) is 0 Å². The Bertz CT molecular complexity index is 366. The number of nitrogens with two attached hydrogens (primary N) is 1. The number of halogens is 1. The van der Waals surface area contributed by atoms with Gasteiger partial charge < -0.3 is 10.5 Å². The summed E-state index contributed by atoms with van der Waals surface area (Å²) in [5.74, 6) is 0.605. The Morgan fingerprint density at radius 1 is 1.60 bits per heavy atom. The molecule has 1 unspecified atom stereocenters. The fourth-order valence-electron chi connectivity index (χ4n) is 1.22. The minimum Gasteiger partial charge on any atom is -0.481 e.